The molecule has 0 radical (unpaired) electrons. The van der Waals surface area contributed by atoms with E-state index in [-0.39, 0.29) is 11.7 Å². The van der Waals surface area contributed by atoms with E-state index in [1.54, 1.807) is 31.5 Å². The Labute approximate surface area is 161 Å². The smallest absolute Gasteiger partial charge is 0.323 e. The fourth-order valence-electron chi connectivity index (χ4n) is 2.79. The van der Waals surface area contributed by atoms with Crippen molar-refractivity contribution in [3.8, 4) is 17.0 Å². The number of benzene rings is 2. The van der Waals surface area contributed by atoms with Crippen LogP contribution >= 0.6 is 0 Å². The van der Waals surface area contributed by atoms with Gasteiger partial charge in [-0.1, -0.05) is 0 Å². The average Bonchev–Trinajstić information content (AvgIpc) is 3.14. The van der Waals surface area contributed by atoms with Crippen molar-refractivity contribution in [3.05, 3.63) is 60.3 Å². The lowest BCUT2D eigenvalue weighted by atomic mass is 10.1. The summed E-state index contributed by atoms with van der Waals surface area (Å²) in [5, 5.41) is 9.47. The first-order chi connectivity index (χ1) is 13.4. The molecule has 2 N–H and O–H groups in total. The molecule has 2 aromatic carbocycles. The zero-order valence-corrected chi connectivity index (χ0v) is 15.7. The van der Waals surface area contributed by atoms with E-state index in [1.165, 1.54) is 6.07 Å². The van der Waals surface area contributed by atoms with Crippen LogP contribution in [0.25, 0.3) is 11.3 Å². The molecule has 0 aliphatic rings. The van der Waals surface area contributed by atoms with Gasteiger partial charge in [0.05, 0.1) is 12.8 Å². The maximum atomic E-state index is 13.3. The summed E-state index contributed by atoms with van der Waals surface area (Å²) in [6.45, 7) is 4.03. The summed E-state index contributed by atoms with van der Waals surface area (Å²) in [6.07, 6.45) is 1.70. The molecule has 146 valence electrons. The molecule has 0 aliphatic carbocycles. The molecular formula is C20H20F2N4O2. The molecule has 3 rings (SSSR count). The van der Waals surface area contributed by atoms with Crippen LogP contribution in [0.15, 0.2) is 48.7 Å². The number of nitrogens with zero attached hydrogens (tertiary/aromatic N) is 2. The molecule has 0 aliphatic heterocycles. The molecule has 3 aromatic rings. The lowest BCUT2D eigenvalue weighted by molar-refractivity contribution is 0.262. The molecule has 0 spiro atoms. The van der Waals surface area contributed by atoms with Crippen molar-refractivity contribution in [3.63, 3.8) is 0 Å². The van der Waals surface area contributed by atoms with E-state index in [0.29, 0.717) is 11.4 Å². The highest BCUT2D eigenvalue weighted by atomic mass is 19.2. The summed E-state index contributed by atoms with van der Waals surface area (Å²) in [4.78, 5) is 12.2. The predicted molar refractivity (Wildman–Crippen MR) is 104 cm³/mol. The number of amides is 2. The number of rotatable bonds is 5. The topological polar surface area (TPSA) is 68.2 Å². The van der Waals surface area contributed by atoms with Crippen LogP contribution in [-0.2, 0) is 0 Å². The van der Waals surface area contributed by atoms with Gasteiger partial charge in [-0.2, -0.15) is 5.10 Å². The Morgan fingerprint density at radius 3 is 2.36 bits per heavy atom. The summed E-state index contributed by atoms with van der Waals surface area (Å²) in [5.74, 6) is -1.38. The zero-order chi connectivity index (χ0) is 20.3. The zero-order valence-electron chi connectivity index (χ0n) is 15.7. The monoisotopic (exact) mass is 386 g/mol. The van der Waals surface area contributed by atoms with Crippen LogP contribution in [0.1, 0.15) is 19.9 Å². The fraction of sp³-hybridized carbons (Fsp3) is 0.200. The van der Waals surface area contributed by atoms with Gasteiger partial charge in [-0.05, 0) is 50.2 Å². The number of hydrogen-bond acceptors (Lipinski definition) is 3. The number of halogens is 2. The Kier molecular flexibility index (Phi) is 5.58. The van der Waals surface area contributed by atoms with Gasteiger partial charge in [-0.25, -0.2) is 13.6 Å². The molecule has 1 heterocycles. The molecule has 6 nitrogen and oxygen atoms in total. The van der Waals surface area contributed by atoms with Crippen molar-refractivity contribution in [2.45, 2.75) is 19.9 Å². The molecule has 8 heteroatoms. The maximum absolute atomic E-state index is 13.3. The Balaban J connectivity index is 1.83. The molecule has 0 fully saturated rings. The Morgan fingerprint density at radius 1 is 1.04 bits per heavy atom. The van der Waals surface area contributed by atoms with Crippen LogP contribution < -0.4 is 15.4 Å². The molecule has 1 aromatic heterocycles. The van der Waals surface area contributed by atoms with Gasteiger partial charge in [0.25, 0.3) is 0 Å². The molecule has 0 saturated heterocycles. The van der Waals surface area contributed by atoms with Gasteiger partial charge in [0.15, 0.2) is 11.6 Å². The highest BCUT2D eigenvalue weighted by molar-refractivity contribution is 6.00. The average molecular weight is 386 g/mol. The summed E-state index contributed by atoms with van der Waals surface area (Å²) in [7, 11) is 1.57. The predicted octanol–water partition coefficient (Wildman–Crippen LogP) is 5.06. The summed E-state index contributed by atoms with van der Waals surface area (Å²) in [5.41, 5.74) is 2.26. The third-order valence-corrected chi connectivity index (χ3v) is 4.07. The Morgan fingerprint density at radius 2 is 1.71 bits per heavy atom. The minimum Gasteiger partial charge on any atom is -0.496 e. The van der Waals surface area contributed by atoms with Crippen molar-refractivity contribution in [1.29, 1.82) is 0 Å². The van der Waals surface area contributed by atoms with Crippen LogP contribution in [0.4, 0.5) is 25.0 Å². The van der Waals surface area contributed by atoms with Gasteiger partial charge in [-0.3, -0.25) is 4.68 Å². The number of urea groups is 1. The summed E-state index contributed by atoms with van der Waals surface area (Å²) < 4.78 is 33.6. The second kappa shape index (κ2) is 8.08. The normalized spacial score (nSPS) is 10.8. The Bertz CT molecular complexity index is 1000. The van der Waals surface area contributed by atoms with Crippen molar-refractivity contribution in [2.24, 2.45) is 0 Å². The number of aromatic nitrogens is 2. The van der Waals surface area contributed by atoms with Crippen LogP contribution in [0.2, 0.25) is 0 Å². The van der Waals surface area contributed by atoms with Crippen molar-refractivity contribution >= 4 is 17.4 Å². The largest absolute Gasteiger partial charge is 0.496 e. The number of ether oxygens (including phenoxy) is 1. The van der Waals surface area contributed by atoms with Crippen LogP contribution in [0, 0.1) is 11.6 Å². The van der Waals surface area contributed by atoms with E-state index in [4.69, 9.17) is 4.74 Å². The lowest BCUT2D eigenvalue weighted by Crippen LogP contribution is -2.19. The first-order valence-corrected chi connectivity index (χ1v) is 8.64. The first-order valence-electron chi connectivity index (χ1n) is 8.64. The van der Waals surface area contributed by atoms with Gasteiger partial charge < -0.3 is 15.4 Å². The van der Waals surface area contributed by atoms with Gasteiger partial charge in [0, 0.05) is 35.2 Å². The minimum atomic E-state index is -1.04. The molecular weight excluding hydrogens is 366 g/mol. The number of anilines is 2. The number of hydrogen-bond donors (Lipinski definition) is 2. The number of methoxy groups -OCH3 is 1. The number of nitrogens with one attached hydrogen (secondary N) is 2. The quantitative estimate of drug-likeness (QED) is 0.644. The van der Waals surface area contributed by atoms with Gasteiger partial charge >= 0.3 is 6.03 Å². The fourth-order valence-corrected chi connectivity index (χ4v) is 2.79. The minimum absolute atomic E-state index is 0.142. The second-order valence-electron chi connectivity index (χ2n) is 6.38. The lowest BCUT2D eigenvalue weighted by Gasteiger charge is -2.15. The molecule has 0 atom stereocenters. The van der Waals surface area contributed by atoms with Crippen molar-refractivity contribution in [2.75, 3.05) is 17.7 Å². The number of carbonyl (C=O) groups excluding carboxylic acids is 1. The molecule has 2 amide bonds. The van der Waals surface area contributed by atoms with Crippen molar-refractivity contribution in [1.82, 2.24) is 9.78 Å². The van der Waals surface area contributed by atoms with Crippen molar-refractivity contribution < 1.29 is 18.3 Å². The number of carbonyl (C=O) groups is 1. The highest BCUT2D eigenvalue weighted by Crippen LogP contribution is 2.33. The van der Waals surface area contributed by atoms with E-state index in [9.17, 15) is 13.6 Å². The highest BCUT2D eigenvalue weighted by Gasteiger charge is 2.15. The van der Waals surface area contributed by atoms with Crippen LogP contribution in [-0.4, -0.2) is 22.9 Å². The van der Waals surface area contributed by atoms with Crippen LogP contribution in [0.5, 0.6) is 5.75 Å². The Hall–Kier alpha value is -3.42. The molecule has 0 saturated carbocycles. The third kappa shape index (κ3) is 4.11. The molecule has 0 bridgehead atoms. The SMILES string of the molecule is COc1ccc(NC(=O)Nc2ccc(F)c(F)c2)cc1-c1ccnn1C(C)C. The third-order valence-electron chi connectivity index (χ3n) is 4.07. The first kappa shape index (κ1) is 19.3. The molecule has 28 heavy (non-hydrogen) atoms. The molecule has 0 unspecified atom stereocenters. The van der Waals surface area contributed by atoms with E-state index in [1.807, 2.05) is 24.6 Å². The standard InChI is InChI=1S/C20H20F2N4O2/c1-12(2)26-18(8-9-23-26)15-10-13(5-7-19(15)28-3)24-20(27)25-14-4-6-16(21)17(22)11-14/h4-12H,1-3H3,(H2,24,25,27). The van der Waals surface area contributed by atoms with Gasteiger partial charge in [-0.15, -0.1) is 0 Å². The van der Waals surface area contributed by atoms with E-state index in [2.05, 4.69) is 15.7 Å². The summed E-state index contributed by atoms with van der Waals surface area (Å²) >= 11 is 0. The van der Waals surface area contributed by atoms with E-state index >= 15 is 0 Å². The van der Waals surface area contributed by atoms with Gasteiger partial charge in [0.2, 0.25) is 0 Å². The second-order valence-corrected chi connectivity index (χ2v) is 6.38. The van der Waals surface area contributed by atoms with Gasteiger partial charge in [0.1, 0.15) is 5.75 Å². The summed E-state index contributed by atoms with van der Waals surface area (Å²) in [6, 6.07) is 9.74. The van der Waals surface area contributed by atoms with E-state index in [0.717, 1.165) is 23.4 Å². The van der Waals surface area contributed by atoms with Crippen LogP contribution in [0.3, 0.4) is 0 Å². The maximum Gasteiger partial charge on any atom is 0.323 e. The van der Waals surface area contributed by atoms with E-state index < -0.39 is 17.7 Å².